The van der Waals surface area contributed by atoms with E-state index in [1.165, 1.54) is 11.8 Å². The van der Waals surface area contributed by atoms with Crippen molar-refractivity contribution < 1.29 is 23.5 Å². The molecule has 0 aliphatic carbocycles. The largest absolute Gasteiger partial charge is 0.468 e. The third kappa shape index (κ3) is 9.29. The van der Waals surface area contributed by atoms with Crippen LogP contribution >= 0.6 is 11.8 Å². The van der Waals surface area contributed by atoms with Crippen molar-refractivity contribution in [2.24, 2.45) is 0 Å². The van der Waals surface area contributed by atoms with Crippen molar-refractivity contribution >= 4 is 29.5 Å². The number of amides is 2. The molecule has 0 bridgehead atoms. The molecular formula is C23H30N2O5S. The standard InChI is InChI=1S/C23H30N2O5S/c1-3-4-12-20(21(26)16-31-15-19-11-8-13-29-19)25-22(27)17(2)24-23(28)30-14-18-9-6-5-7-10-18/h5-11,13,17,20H,3-4,12,14-16H2,1-2H3,(H,24,28)(H,25,27). The van der Waals surface area contributed by atoms with Gasteiger partial charge in [0.25, 0.3) is 0 Å². The van der Waals surface area contributed by atoms with E-state index in [1.54, 1.807) is 19.3 Å². The minimum atomic E-state index is -0.823. The number of furan rings is 1. The van der Waals surface area contributed by atoms with Gasteiger partial charge in [0, 0.05) is 0 Å². The second kappa shape index (κ2) is 13.5. The molecule has 0 saturated heterocycles. The number of hydrogen-bond acceptors (Lipinski definition) is 6. The number of ketones is 1. The van der Waals surface area contributed by atoms with Crippen molar-refractivity contribution in [3.05, 3.63) is 60.1 Å². The van der Waals surface area contributed by atoms with Gasteiger partial charge in [-0.15, -0.1) is 11.8 Å². The lowest BCUT2D eigenvalue weighted by Crippen LogP contribution is -2.50. The molecule has 0 spiro atoms. The van der Waals surface area contributed by atoms with Crippen molar-refractivity contribution in [1.82, 2.24) is 10.6 Å². The van der Waals surface area contributed by atoms with Gasteiger partial charge in [0.2, 0.25) is 5.91 Å². The van der Waals surface area contributed by atoms with Gasteiger partial charge in [-0.1, -0.05) is 50.1 Å². The summed E-state index contributed by atoms with van der Waals surface area (Å²) in [7, 11) is 0. The van der Waals surface area contributed by atoms with Gasteiger partial charge < -0.3 is 19.8 Å². The van der Waals surface area contributed by atoms with E-state index in [-0.39, 0.29) is 18.1 Å². The van der Waals surface area contributed by atoms with E-state index in [0.717, 1.165) is 24.2 Å². The molecule has 2 unspecified atom stereocenters. The number of rotatable bonds is 13. The molecule has 1 heterocycles. The molecule has 0 aliphatic rings. The van der Waals surface area contributed by atoms with Crippen LogP contribution in [0, 0.1) is 0 Å². The molecule has 31 heavy (non-hydrogen) atoms. The predicted octanol–water partition coefficient (Wildman–Crippen LogP) is 4.07. The number of ether oxygens (including phenoxy) is 1. The maximum atomic E-state index is 12.6. The van der Waals surface area contributed by atoms with Crippen LogP contribution in [0.4, 0.5) is 4.79 Å². The number of hydrogen-bond donors (Lipinski definition) is 2. The summed E-state index contributed by atoms with van der Waals surface area (Å²) in [5.74, 6) is 1.22. The van der Waals surface area contributed by atoms with Gasteiger partial charge in [0.15, 0.2) is 5.78 Å². The van der Waals surface area contributed by atoms with Gasteiger partial charge in [-0.25, -0.2) is 4.79 Å². The number of carbonyl (C=O) groups excluding carboxylic acids is 3. The Morgan fingerprint density at radius 1 is 1.10 bits per heavy atom. The van der Waals surface area contributed by atoms with E-state index in [2.05, 4.69) is 10.6 Å². The summed E-state index contributed by atoms with van der Waals surface area (Å²) in [6, 6.07) is 11.5. The Balaban J connectivity index is 1.79. The summed E-state index contributed by atoms with van der Waals surface area (Å²) < 4.78 is 10.4. The molecular weight excluding hydrogens is 416 g/mol. The maximum Gasteiger partial charge on any atom is 0.408 e. The van der Waals surface area contributed by atoms with Gasteiger partial charge in [-0.3, -0.25) is 9.59 Å². The van der Waals surface area contributed by atoms with E-state index in [0.29, 0.717) is 12.2 Å². The molecule has 7 nitrogen and oxygen atoms in total. The average Bonchev–Trinajstić information content (AvgIpc) is 3.29. The number of Topliss-reactive ketones (excluding diaryl/α,β-unsaturated/α-hetero) is 1. The molecule has 1 aromatic carbocycles. The molecule has 0 saturated carbocycles. The molecule has 2 aromatic rings. The van der Waals surface area contributed by atoms with Crippen LogP contribution in [0.15, 0.2) is 53.1 Å². The van der Waals surface area contributed by atoms with E-state index in [1.807, 2.05) is 43.3 Å². The molecule has 2 atom stereocenters. The zero-order valence-corrected chi connectivity index (χ0v) is 18.8. The molecule has 2 rings (SSSR count). The number of benzene rings is 1. The lowest BCUT2D eigenvalue weighted by Gasteiger charge is -2.20. The fourth-order valence-electron chi connectivity index (χ4n) is 2.77. The third-order valence-corrected chi connectivity index (χ3v) is 5.54. The summed E-state index contributed by atoms with van der Waals surface area (Å²) in [4.78, 5) is 37.2. The van der Waals surface area contributed by atoms with Crippen LogP contribution < -0.4 is 10.6 Å². The Morgan fingerprint density at radius 2 is 1.87 bits per heavy atom. The Hall–Kier alpha value is -2.74. The second-order valence-corrected chi connectivity index (χ2v) is 8.16. The topological polar surface area (TPSA) is 97.6 Å². The van der Waals surface area contributed by atoms with Gasteiger partial charge in [0.05, 0.1) is 23.8 Å². The summed E-state index contributed by atoms with van der Waals surface area (Å²) >= 11 is 1.45. The summed E-state index contributed by atoms with van der Waals surface area (Å²) in [6.07, 6.45) is 3.21. The minimum Gasteiger partial charge on any atom is -0.468 e. The molecule has 8 heteroatoms. The summed E-state index contributed by atoms with van der Waals surface area (Å²) in [5.41, 5.74) is 0.854. The molecule has 0 aliphatic heterocycles. The fraction of sp³-hybridized carbons (Fsp3) is 0.435. The van der Waals surface area contributed by atoms with Gasteiger partial charge >= 0.3 is 6.09 Å². The van der Waals surface area contributed by atoms with Gasteiger partial charge in [0.1, 0.15) is 18.4 Å². The zero-order valence-electron chi connectivity index (χ0n) is 18.0. The van der Waals surface area contributed by atoms with Gasteiger partial charge in [-0.2, -0.15) is 0 Å². The molecule has 2 N–H and O–H groups in total. The lowest BCUT2D eigenvalue weighted by molar-refractivity contribution is -0.127. The average molecular weight is 447 g/mol. The number of alkyl carbamates (subject to hydrolysis) is 1. The highest BCUT2D eigenvalue weighted by Crippen LogP contribution is 2.14. The minimum absolute atomic E-state index is 0.0442. The van der Waals surface area contributed by atoms with Crippen molar-refractivity contribution in [1.29, 1.82) is 0 Å². The van der Waals surface area contributed by atoms with Crippen LogP contribution in [0.3, 0.4) is 0 Å². The van der Waals surface area contributed by atoms with Crippen molar-refractivity contribution in [2.75, 3.05) is 5.75 Å². The highest BCUT2D eigenvalue weighted by atomic mass is 32.2. The van der Waals surface area contributed by atoms with Crippen LogP contribution in [0.25, 0.3) is 0 Å². The molecule has 0 fully saturated rings. The SMILES string of the molecule is CCCCC(NC(=O)C(C)NC(=O)OCc1ccccc1)C(=O)CSCc1ccco1. The number of thioether (sulfide) groups is 1. The van der Waals surface area contributed by atoms with E-state index in [4.69, 9.17) is 9.15 Å². The normalized spacial score (nSPS) is 12.6. The second-order valence-electron chi connectivity index (χ2n) is 7.17. The van der Waals surface area contributed by atoms with E-state index >= 15 is 0 Å². The van der Waals surface area contributed by atoms with Crippen molar-refractivity contribution in [2.45, 2.75) is 57.6 Å². The van der Waals surface area contributed by atoms with Crippen LogP contribution in [-0.4, -0.2) is 35.6 Å². The zero-order chi connectivity index (χ0) is 22.5. The Bertz CT molecular complexity index is 811. The van der Waals surface area contributed by atoms with Crippen LogP contribution in [-0.2, 0) is 26.7 Å². The monoisotopic (exact) mass is 446 g/mol. The first-order valence-electron chi connectivity index (χ1n) is 10.4. The summed E-state index contributed by atoms with van der Waals surface area (Å²) in [5, 5.41) is 5.29. The first kappa shape index (κ1) is 24.5. The van der Waals surface area contributed by atoms with E-state index < -0.39 is 24.1 Å². The Labute approximate surface area is 187 Å². The Morgan fingerprint density at radius 3 is 2.55 bits per heavy atom. The fourth-order valence-corrected chi connectivity index (χ4v) is 3.64. The molecule has 0 radical (unpaired) electrons. The van der Waals surface area contributed by atoms with Crippen molar-refractivity contribution in [3.8, 4) is 0 Å². The quantitative estimate of drug-likeness (QED) is 0.481. The predicted molar refractivity (Wildman–Crippen MR) is 121 cm³/mol. The van der Waals surface area contributed by atoms with Crippen LogP contribution in [0.2, 0.25) is 0 Å². The third-order valence-electron chi connectivity index (χ3n) is 4.56. The van der Waals surface area contributed by atoms with Gasteiger partial charge in [-0.05, 0) is 31.0 Å². The lowest BCUT2D eigenvalue weighted by atomic mass is 10.1. The molecule has 2 amide bonds. The molecule has 168 valence electrons. The first-order chi connectivity index (χ1) is 15.0. The molecule has 1 aromatic heterocycles. The number of unbranched alkanes of at least 4 members (excludes halogenated alkanes) is 1. The highest BCUT2D eigenvalue weighted by molar-refractivity contribution is 7.99. The Kier molecular flexibility index (Phi) is 10.7. The van der Waals surface area contributed by atoms with Crippen LogP contribution in [0.1, 0.15) is 44.4 Å². The first-order valence-corrected chi connectivity index (χ1v) is 11.6. The number of nitrogens with one attached hydrogen (secondary N) is 2. The van der Waals surface area contributed by atoms with Crippen molar-refractivity contribution in [3.63, 3.8) is 0 Å². The smallest absolute Gasteiger partial charge is 0.408 e. The van der Waals surface area contributed by atoms with Crippen LogP contribution in [0.5, 0.6) is 0 Å². The summed E-state index contributed by atoms with van der Waals surface area (Å²) in [6.45, 7) is 3.71. The number of carbonyl (C=O) groups is 3. The maximum absolute atomic E-state index is 12.6. The van der Waals surface area contributed by atoms with E-state index in [9.17, 15) is 14.4 Å². The highest BCUT2D eigenvalue weighted by Gasteiger charge is 2.24.